The Morgan fingerprint density at radius 1 is 1.06 bits per heavy atom. The molecule has 0 spiro atoms. The van der Waals surface area contributed by atoms with E-state index in [-0.39, 0.29) is 24.4 Å². The van der Waals surface area contributed by atoms with E-state index in [4.69, 9.17) is 5.11 Å². The van der Waals surface area contributed by atoms with Crippen LogP contribution in [0.1, 0.15) is 12.0 Å². The number of nitrogens with zero attached hydrogens (tertiary/aromatic N) is 2. The van der Waals surface area contributed by atoms with Gasteiger partial charge in [0.15, 0.2) is 5.69 Å². The van der Waals surface area contributed by atoms with Crippen LogP contribution in [0.15, 0.2) is 65.6 Å². The van der Waals surface area contributed by atoms with Gasteiger partial charge in [0.2, 0.25) is 0 Å². The van der Waals surface area contributed by atoms with Gasteiger partial charge in [0.25, 0.3) is 5.56 Å². The average Bonchev–Trinajstić information content (AvgIpc) is 2.75. The second kappa shape index (κ2) is 9.17. The van der Waals surface area contributed by atoms with Crippen LogP contribution in [0.5, 0.6) is 5.75 Å². The number of carboxylic acid groups (broad SMARTS) is 1. The number of hydrogen-bond acceptors (Lipinski definition) is 4. The summed E-state index contributed by atoms with van der Waals surface area (Å²) in [6.07, 6.45) is 1.20. The van der Waals surface area contributed by atoms with E-state index in [0.29, 0.717) is 11.3 Å². The van der Waals surface area contributed by atoms with Gasteiger partial charge in [0.1, 0.15) is 5.75 Å². The lowest BCUT2D eigenvalue weighted by Gasteiger charge is -2.25. The molecule has 0 aliphatic heterocycles. The lowest BCUT2D eigenvalue weighted by atomic mass is 10.0. The van der Waals surface area contributed by atoms with Gasteiger partial charge in [0, 0.05) is 25.4 Å². The van der Waals surface area contributed by atoms with Gasteiger partial charge >= 0.3 is 12.0 Å². The van der Waals surface area contributed by atoms with Crippen LogP contribution in [-0.4, -0.2) is 33.3 Å². The van der Waals surface area contributed by atoms with Crippen molar-refractivity contribution in [1.82, 2.24) is 9.88 Å². The highest BCUT2D eigenvalue weighted by Crippen LogP contribution is 2.34. The Hall–Kier alpha value is -4.07. The number of anilines is 2. The average molecular weight is 421 g/mol. The normalized spacial score (nSPS) is 10.5. The molecule has 0 fully saturated rings. The molecule has 31 heavy (non-hydrogen) atoms. The molecule has 160 valence electrons. The predicted octanol–water partition coefficient (Wildman–Crippen LogP) is 3.39. The number of benzene rings is 2. The molecule has 2 amide bonds. The minimum atomic E-state index is -1.06. The first-order valence-electron chi connectivity index (χ1n) is 9.64. The third kappa shape index (κ3) is 4.75. The van der Waals surface area contributed by atoms with E-state index in [1.54, 1.807) is 25.1 Å². The van der Waals surface area contributed by atoms with Crippen LogP contribution in [0.4, 0.5) is 16.2 Å². The van der Waals surface area contributed by atoms with Crippen LogP contribution in [0.25, 0.3) is 11.1 Å². The van der Waals surface area contributed by atoms with Crippen LogP contribution < -0.4 is 15.8 Å². The molecule has 0 aliphatic rings. The van der Waals surface area contributed by atoms with E-state index < -0.39 is 17.6 Å². The van der Waals surface area contributed by atoms with Gasteiger partial charge in [-0.15, -0.1) is 0 Å². The van der Waals surface area contributed by atoms with Crippen molar-refractivity contribution >= 4 is 23.4 Å². The molecular formula is C23H23N3O5. The number of pyridine rings is 1. The third-order valence-electron chi connectivity index (χ3n) is 4.76. The maximum atomic E-state index is 13.1. The van der Waals surface area contributed by atoms with E-state index in [1.165, 1.54) is 17.8 Å². The Morgan fingerprint density at radius 2 is 1.74 bits per heavy atom. The van der Waals surface area contributed by atoms with Crippen molar-refractivity contribution in [2.45, 2.75) is 13.3 Å². The molecule has 3 N–H and O–H groups in total. The van der Waals surface area contributed by atoms with Crippen LogP contribution in [0, 0.1) is 6.92 Å². The van der Waals surface area contributed by atoms with Crippen molar-refractivity contribution in [2.75, 3.05) is 11.4 Å². The molecule has 3 aromatic rings. The molecule has 0 aliphatic carbocycles. The summed E-state index contributed by atoms with van der Waals surface area (Å²) in [5.41, 5.74) is 1.72. The van der Waals surface area contributed by atoms with Crippen LogP contribution in [0.3, 0.4) is 0 Å². The molecule has 1 heterocycles. The highest BCUT2D eigenvalue weighted by atomic mass is 16.4. The smallest absolute Gasteiger partial charge is 0.326 e. The van der Waals surface area contributed by atoms with Gasteiger partial charge in [-0.2, -0.15) is 0 Å². The van der Waals surface area contributed by atoms with Gasteiger partial charge in [-0.25, -0.2) is 4.79 Å². The van der Waals surface area contributed by atoms with Crippen molar-refractivity contribution in [3.05, 3.63) is 76.7 Å². The van der Waals surface area contributed by atoms with Gasteiger partial charge in [0.05, 0.1) is 12.1 Å². The fourth-order valence-electron chi connectivity index (χ4n) is 3.23. The number of rotatable bonds is 6. The number of carbonyl (C=O) groups is 2. The molecule has 2 aromatic carbocycles. The molecule has 8 heteroatoms. The number of carboxylic acids is 1. The summed E-state index contributed by atoms with van der Waals surface area (Å²) in [4.78, 5) is 37.9. The summed E-state index contributed by atoms with van der Waals surface area (Å²) < 4.78 is 1.28. The number of aliphatic carboxylic acids is 1. The largest absolute Gasteiger partial charge is 0.505 e. The van der Waals surface area contributed by atoms with Gasteiger partial charge in [-0.1, -0.05) is 42.5 Å². The zero-order chi connectivity index (χ0) is 22.5. The molecular weight excluding hydrogens is 398 g/mol. The second-order valence-electron chi connectivity index (χ2n) is 7.05. The molecule has 0 saturated heterocycles. The zero-order valence-electron chi connectivity index (χ0n) is 17.2. The summed E-state index contributed by atoms with van der Waals surface area (Å²) in [6.45, 7) is 1.50. The number of nitrogens with one attached hydrogen (secondary N) is 1. The Balaban J connectivity index is 2.13. The fraction of sp³-hybridized carbons (Fsp3) is 0.174. The van der Waals surface area contributed by atoms with E-state index >= 15 is 0 Å². The van der Waals surface area contributed by atoms with Gasteiger partial charge < -0.3 is 20.1 Å². The summed E-state index contributed by atoms with van der Waals surface area (Å²) in [6, 6.07) is 15.8. The van der Waals surface area contributed by atoms with Crippen LogP contribution >= 0.6 is 0 Å². The van der Waals surface area contributed by atoms with E-state index in [9.17, 15) is 19.5 Å². The predicted molar refractivity (Wildman–Crippen MR) is 118 cm³/mol. The molecule has 0 bridgehead atoms. The quantitative estimate of drug-likeness (QED) is 0.565. The van der Waals surface area contributed by atoms with Gasteiger partial charge in [-0.05, 0) is 30.2 Å². The Morgan fingerprint density at radius 3 is 2.42 bits per heavy atom. The molecule has 0 saturated carbocycles. The first kappa shape index (κ1) is 21.6. The van der Waals surface area contributed by atoms with E-state index in [0.717, 1.165) is 16.0 Å². The van der Waals surface area contributed by atoms with Crippen molar-refractivity contribution < 1.29 is 19.8 Å². The first-order chi connectivity index (χ1) is 14.8. The van der Waals surface area contributed by atoms with Crippen molar-refractivity contribution in [1.29, 1.82) is 0 Å². The van der Waals surface area contributed by atoms with Crippen molar-refractivity contribution in [2.24, 2.45) is 7.05 Å². The molecule has 3 rings (SSSR count). The minimum absolute atomic E-state index is 0.129. The molecule has 0 unspecified atom stereocenters. The Kier molecular flexibility index (Phi) is 6.40. The van der Waals surface area contributed by atoms with E-state index in [1.807, 2.05) is 36.4 Å². The number of urea groups is 1. The molecule has 0 radical (unpaired) electrons. The molecule has 8 nitrogen and oxygen atoms in total. The maximum Gasteiger partial charge on any atom is 0.326 e. The lowest BCUT2D eigenvalue weighted by Crippen LogP contribution is -2.41. The van der Waals surface area contributed by atoms with Gasteiger partial charge in [-0.3, -0.25) is 14.5 Å². The van der Waals surface area contributed by atoms with E-state index in [2.05, 4.69) is 5.32 Å². The van der Waals surface area contributed by atoms with Crippen molar-refractivity contribution in [3.63, 3.8) is 0 Å². The molecule has 0 atom stereocenters. The number of amides is 2. The Labute approximate surface area is 179 Å². The fourth-order valence-corrected chi connectivity index (χ4v) is 3.23. The summed E-state index contributed by atoms with van der Waals surface area (Å²) in [7, 11) is 1.53. The van der Waals surface area contributed by atoms with Crippen LogP contribution in [0.2, 0.25) is 0 Å². The zero-order valence-corrected chi connectivity index (χ0v) is 17.2. The number of aromatic nitrogens is 1. The number of aromatic hydroxyl groups is 1. The summed E-state index contributed by atoms with van der Waals surface area (Å²) >= 11 is 0. The topological polar surface area (TPSA) is 112 Å². The third-order valence-corrected chi connectivity index (χ3v) is 4.76. The highest BCUT2D eigenvalue weighted by Gasteiger charge is 2.26. The highest BCUT2D eigenvalue weighted by molar-refractivity contribution is 6.01. The summed E-state index contributed by atoms with van der Waals surface area (Å²) in [5, 5.41) is 22.0. The maximum absolute atomic E-state index is 13.1. The number of carbonyl (C=O) groups excluding carboxylic acids is 1. The SMILES string of the molecule is Cc1cn(C)c(=O)c(N(C(=O)NCCC(=O)O)c2cccc(-c3ccccc3)c2)c1O. The minimum Gasteiger partial charge on any atom is -0.505 e. The Bertz CT molecular complexity index is 1170. The second-order valence-corrected chi connectivity index (χ2v) is 7.05. The first-order valence-corrected chi connectivity index (χ1v) is 9.64. The standard InChI is InChI=1S/C23H23N3O5/c1-15-14-25(2)22(30)20(21(15)29)26(23(31)24-12-11-19(27)28)18-10-6-9-17(13-18)16-7-4-3-5-8-16/h3-10,13-14,29H,11-12H2,1-2H3,(H,24,31)(H,27,28). The number of hydrogen-bond donors (Lipinski definition) is 3. The number of aryl methyl sites for hydroxylation is 2. The lowest BCUT2D eigenvalue weighted by molar-refractivity contribution is -0.136. The monoisotopic (exact) mass is 421 g/mol. The van der Waals surface area contributed by atoms with Crippen molar-refractivity contribution in [3.8, 4) is 16.9 Å². The van der Waals surface area contributed by atoms with Crippen LogP contribution in [-0.2, 0) is 11.8 Å². The summed E-state index contributed by atoms with van der Waals surface area (Å²) in [5.74, 6) is -1.38. The molecule has 1 aromatic heterocycles.